The van der Waals surface area contributed by atoms with Gasteiger partial charge in [0.15, 0.2) is 0 Å². The minimum atomic E-state index is -4.11. The second-order valence-electron chi connectivity index (χ2n) is 3.19. The maximum Gasteiger partial charge on any atom is 0.389 e. The molecule has 1 aromatic rings. The number of alkyl halides is 3. The Morgan fingerprint density at radius 3 is 2.62 bits per heavy atom. The molecule has 1 heterocycles. The van der Waals surface area contributed by atoms with Gasteiger partial charge in [0.1, 0.15) is 11.9 Å². The average molecular weight is 229 g/mol. The number of hydrogen-bond donors (Lipinski definition) is 1. The Morgan fingerprint density at radius 1 is 1.38 bits per heavy atom. The first-order chi connectivity index (χ1) is 7.51. The number of nitriles is 1. The number of anilines is 1. The largest absolute Gasteiger partial charge is 0.389 e. The summed E-state index contributed by atoms with van der Waals surface area (Å²) in [4.78, 5) is 3.87. The fourth-order valence-electron chi connectivity index (χ4n) is 1.07. The van der Waals surface area contributed by atoms with Crippen molar-refractivity contribution < 1.29 is 13.2 Å². The third-order valence-corrected chi connectivity index (χ3v) is 1.84. The molecule has 3 nitrogen and oxygen atoms in total. The maximum atomic E-state index is 11.8. The molecular formula is C10H10F3N3. The molecule has 0 amide bonds. The van der Waals surface area contributed by atoms with Crippen LogP contribution in [0.15, 0.2) is 18.3 Å². The molecule has 0 radical (unpaired) electrons. The first-order valence-electron chi connectivity index (χ1n) is 4.68. The monoisotopic (exact) mass is 229 g/mol. The summed E-state index contributed by atoms with van der Waals surface area (Å²) in [6.07, 6.45) is -3.55. The molecule has 0 aliphatic rings. The summed E-state index contributed by atoms with van der Waals surface area (Å²) in [7, 11) is 0. The standard InChI is InChI=1S/C10H10F3N3/c11-10(12,13)4-1-5-15-9-3-2-8(6-14)7-16-9/h2-3,7H,1,4-5H2,(H,15,16). The zero-order valence-corrected chi connectivity index (χ0v) is 8.38. The molecule has 0 aliphatic carbocycles. The van der Waals surface area contributed by atoms with Gasteiger partial charge in [0.25, 0.3) is 0 Å². The number of aromatic nitrogens is 1. The van der Waals surface area contributed by atoms with E-state index in [-0.39, 0.29) is 13.0 Å². The lowest BCUT2D eigenvalue weighted by atomic mass is 10.3. The van der Waals surface area contributed by atoms with Crippen LogP contribution in [0.5, 0.6) is 0 Å². The highest BCUT2D eigenvalue weighted by atomic mass is 19.4. The van der Waals surface area contributed by atoms with Crippen LogP contribution in [-0.2, 0) is 0 Å². The number of rotatable bonds is 4. The number of halogens is 3. The second kappa shape index (κ2) is 5.35. The van der Waals surface area contributed by atoms with E-state index in [2.05, 4.69) is 10.3 Å². The zero-order chi connectivity index (χ0) is 12.0. The van der Waals surface area contributed by atoms with Crippen molar-refractivity contribution in [2.75, 3.05) is 11.9 Å². The van der Waals surface area contributed by atoms with Crippen molar-refractivity contribution in [1.29, 1.82) is 5.26 Å². The van der Waals surface area contributed by atoms with E-state index in [9.17, 15) is 13.2 Å². The second-order valence-corrected chi connectivity index (χ2v) is 3.19. The first kappa shape index (κ1) is 12.3. The molecule has 0 spiro atoms. The average Bonchev–Trinajstić information content (AvgIpc) is 2.24. The number of nitrogens with one attached hydrogen (secondary N) is 1. The van der Waals surface area contributed by atoms with Gasteiger partial charge in [-0.2, -0.15) is 18.4 Å². The Kier molecular flexibility index (Phi) is 4.11. The molecule has 0 saturated heterocycles. The maximum absolute atomic E-state index is 11.8. The van der Waals surface area contributed by atoms with Crippen LogP contribution in [0, 0.1) is 11.3 Å². The molecular weight excluding hydrogens is 219 g/mol. The van der Waals surface area contributed by atoms with E-state index >= 15 is 0 Å². The Morgan fingerprint density at radius 2 is 2.12 bits per heavy atom. The van der Waals surface area contributed by atoms with E-state index in [0.717, 1.165) is 0 Å². The summed E-state index contributed by atoms with van der Waals surface area (Å²) in [6.45, 7) is 0.207. The molecule has 0 aromatic carbocycles. The van der Waals surface area contributed by atoms with Crippen molar-refractivity contribution in [2.24, 2.45) is 0 Å². The number of pyridine rings is 1. The minimum Gasteiger partial charge on any atom is -0.370 e. The van der Waals surface area contributed by atoms with Gasteiger partial charge in [0, 0.05) is 19.2 Å². The van der Waals surface area contributed by atoms with Crippen LogP contribution in [0.4, 0.5) is 19.0 Å². The molecule has 1 aromatic heterocycles. The Bertz CT molecular complexity index is 364. The predicted molar refractivity (Wildman–Crippen MR) is 52.7 cm³/mol. The predicted octanol–water partition coefficient (Wildman–Crippen LogP) is 2.71. The highest BCUT2D eigenvalue weighted by molar-refractivity contribution is 5.38. The van der Waals surface area contributed by atoms with Crippen LogP contribution in [0.25, 0.3) is 0 Å². The van der Waals surface area contributed by atoms with E-state index in [1.165, 1.54) is 6.20 Å². The van der Waals surface area contributed by atoms with Crippen LogP contribution >= 0.6 is 0 Å². The Hall–Kier alpha value is -1.77. The highest BCUT2D eigenvalue weighted by Gasteiger charge is 2.25. The molecule has 0 aliphatic heterocycles. The van der Waals surface area contributed by atoms with Crippen LogP contribution in [0.3, 0.4) is 0 Å². The van der Waals surface area contributed by atoms with Gasteiger partial charge in [-0.15, -0.1) is 0 Å². The molecule has 0 bridgehead atoms. The van der Waals surface area contributed by atoms with Crippen LogP contribution in [0.1, 0.15) is 18.4 Å². The lowest BCUT2D eigenvalue weighted by Crippen LogP contribution is -2.11. The summed E-state index contributed by atoms with van der Waals surface area (Å²) in [6, 6.07) is 5.02. The number of nitrogens with zero attached hydrogens (tertiary/aromatic N) is 2. The van der Waals surface area contributed by atoms with Gasteiger partial charge in [0.2, 0.25) is 0 Å². The van der Waals surface area contributed by atoms with Crippen LogP contribution in [0.2, 0.25) is 0 Å². The van der Waals surface area contributed by atoms with Crippen LogP contribution < -0.4 is 5.32 Å². The number of hydrogen-bond acceptors (Lipinski definition) is 3. The zero-order valence-electron chi connectivity index (χ0n) is 8.38. The van der Waals surface area contributed by atoms with E-state index in [1.807, 2.05) is 6.07 Å². The van der Waals surface area contributed by atoms with Crippen molar-refractivity contribution in [3.05, 3.63) is 23.9 Å². The summed E-state index contributed by atoms with van der Waals surface area (Å²) >= 11 is 0. The molecule has 0 saturated carbocycles. The smallest absolute Gasteiger partial charge is 0.370 e. The highest BCUT2D eigenvalue weighted by Crippen LogP contribution is 2.21. The lowest BCUT2D eigenvalue weighted by Gasteiger charge is -2.07. The molecule has 0 fully saturated rings. The Balaban J connectivity index is 2.30. The third kappa shape index (κ3) is 4.64. The van der Waals surface area contributed by atoms with Crippen molar-refractivity contribution in [3.8, 4) is 6.07 Å². The lowest BCUT2D eigenvalue weighted by molar-refractivity contribution is -0.134. The molecule has 16 heavy (non-hydrogen) atoms. The van der Waals surface area contributed by atoms with Crippen molar-refractivity contribution in [2.45, 2.75) is 19.0 Å². The van der Waals surface area contributed by atoms with Gasteiger partial charge in [0.05, 0.1) is 5.56 Å². The molecule has 0 unspecified atom stereocenters. The summed E-state index contributed by atoms with van der Waals surface area (Å²) in [5, 5.41) is 11.2. The van der Waals surface area contributed by atoms with Gasteiger partial charge >= 0.3 is 6.18 Å². The molecule has 1 rings (SSSR count). The van der Waals surface area contributed by atoms with Gasteiger partial charge in [-0.3, -0.25) is 0 Å². The van der Waals surface area contributed by atoms with Gasteiger partial charge in [-0.05, 0) is 18.6 Å². The van der Waals surface area contributed by atoms with Crippen molar-refractivity contribution >= 4 is 5.82 Å². The quantitative estimate of drug-likeness (QED) is 0.807. The fourth-order valence-corrected chi connectivity index (χ4v) is 1.07. The Labute approximate surface area is 90.9 Å². The molecule has 86 valence electrons. The van der Waals surface area contributed by atoms with E-state index < -0.39 is 12.6 Å². The van der Waals surface area contributed by atoms with Gasteiger partial charge < -0.3 is 5.32 Å². The summed E-state index contributed by atoms with van der Waals surface area (Å²) in [5.41, 5.74) is 0.417. The van der Waals surface area contributed by atoms with Gasteiger partial charge in [-0.25, -0.2) is 4.98 Å². The first-order valence-corrected chi connectivity index (χ1v) is 4.68. The van der Waals surface area contributed by atoms with Crippen molar-refractivity contribution in [1.82, 2.24) is 4.98 Å². The van der Waals surface area contributed by atoms with E-state index in [4.69, 9.17) is 5.26 Å². The van der Waals surface area contributed by atoms with E-state index in [0.29, 0.717) is 11.4 Å². The molecule has 1 N–H and O–H groups in total. The normalized spacial score (nSPS) is 10.9. The van der Waals surface area contributed by atoms with Crippen molar-refractivity contribution in [3.63, 3.8) is 0 Å². The van der Waals surface area contributed by atoms with E-state index in [1.54, 1.807) is 12.1 Å². The topological polar surface area (TPSA) is 48.7 Å². The molecule has 0 atom stereocenters. The minimum absolute atomic E-state index is 0.00514. The SMILES string of the molecule is N#Cc1ccc(NCCCC(F)(F)F)nc1. The molecule has 6 heteroatoms. The fraction of sp³-hybridized carbons (Fsp3) is 0.400. The van der Waals surface area contributed by atoms with Gasteiger partial charge in [-0.1, -0.05) is 0 Å². The summed E-state index contributed by atoms with van der Waals surface area (Å²) < 4.78 is 35.4. The van der Waals surface area contributed by atoms with Crippen LogP contribution in [-0.4, -0.2) is 17.7 Å². The summed E-state index contributed by atoms with van der Waals surface area (Å²) in [5.74, 6) is 0.473. The third-order valence-electron chi connectivity index (χ3n) is 1.84.